The van der Waals surface area contributed by atoms with Crippen molar-refractivity contribution in [1.29, 1.82) is 0 Å². The second-order valence-electron chi connectivity index (χ2n) is 4.78. The maximum Gasteiger partial charge on any atom is 0.161 e. The maximum absolute atomic E-state index is 6.32. The van der Waals surface area contributed by atoms with Crippen molar-refractivity contribution >= 4 is 11.8 Å². The van der Waals surface area contributed by atoms with Crippen LogP contribution < -0.4 is 15.2 Å². The molecule has 0 saturated carbocycles. The Morgan fingerprint density at radius 3 is 2.41 bits per heavy atom. The summed E-state index contributed by atoms with van der Waals surface area (Å²) in [4.78, 5) is 0. The summed E-state index contributed by atoms with van der Waals surface area (Å²) < 4.78 is 10.7. The number of nitrogens with two attached hydrogens (primary N) is 1. The lowest BCUT2D eigenvalue weighted by Crippen LogP contribution is -2.36. The first-order chi connectivity index (χ1) is 7.99. The third-order valence-corrected chi connectivity index (χ3v) is 4.78. The van der Waals surface area contributed by atoms with E-state index >= 15 is 0 Å². The highest BCUT2D eigenvalue weighted by atomic mass is 32.2. The summed E-state index contributed by atoms with van der Waals surface area (Å²) in [6, 6.07) is 4.08. The van der Waals surface area contributed by atoms with Crippen LogP contribution in [0.4, 0.5) is 0 Å². The molecule has 0 amide bonds. The lowest BCUT2D eigenvalue weighted by Gasteiger charge is -2.37. The van der Waals surface area contributed by atoms with Gasteiger partial charge < -0.3 is 15.2 Å². The van der Waals surface area contributed by atoms with Gasteiger partial charge in [-0.25, -0.2) is 0 Å². The van der Waals surface area contributed by atoms with Crippen LogP contribution in [0.5, 0.6) is 11.5 Å². The van der Waals surface area contributed by atoms with Gasteiger partial charge in [-0.15, -0.1) is 11.8 Å². The van der Waals surface area contributed by atoms with Gasteiger partial charge in [-0.2, -0.15) is 0 Å². The number of ether oxygens (including phenoxy) is 2. The Labute approximate surface area is 107 Å². The molecule has 0 aromatic heterocycles. The average Bonchev–Trinajstić information content (AvgIpc) is 2.33. The number of rotatable bonds is 2. The Hall–Kier alpha value is -0.870. The average molecular weight is 253 g/mol. The molecular weight excluding hydrogens is 234 g/mol. The van der Waals surface area contributed by atoms with Crippen molar-refractivity contribution in [3.63, 3.8) is 0 Å². The van der Waals surface area contributed by atoms with E-state index in [0.29, 0.717) is 0 Å². The van der Waals surface area contributed by atoms with Crippen LogP contribution in [0.1, 0.15) is 31.0 Å². The fourth-order valence-corrected chi connectivity index (χ4v) is 3.16. The second-order valence-corrected chi connectivity index (χ2v) is 6.41. The zero-order valence-electron chi connectivity index (χ0n) is 10.7. The third kappa shape index (κ3) is 2.11. The lowest BCUT2D eigenvalue weighted by molar-refractivity contribution is 0.353. The van der Waals surface area contributed by atoms with Gasteiger partial charge in [0.1, 0.15) is 0 Å². The van der Waals surface area contributed by atoms with Crippen molar-refractivity contribution in [2.45, 2.75) is 30.4 Å². The molecule has 94 valence electrons. The molecule has 0 saturated heterocycles. The van der Waals surface area contributed by atoms with E-state index in [0.717, 1.165) is 17.3 Å². The molecule has 1 aliphatic rings. The van der Waals surface area contributed by atoms with E-state index in [2.05, 4.69) is 13.8 Å². The van der Waals surface area contributed by atoms with Gasteiger partial charge in [0.25, 0.3) is 0 Å². The zero-order chi connectivity index (χ0) is 12.6. The highest BCUT2D eigenvalue weighted by molar-refractivity contribution is 7.99. The van der Waals surface area contributed by atoms with Crippen molar-refractivity contribution in [2.24, 2.45) is 5.73 Å². The Morgan fingerprint density at radius 2 is 1.82 bits per heavy atom. The number of hydrogen-bond acceptors (Lipinski definition) is 4. The molecule has 1 aromatic carbocycles. The number of thioether (sulfide) groups is 1. The van der Waals surface area contributed by atoms with Crippen LogP contribution in [0.3, 0.4) is 0 Å². The highest BCUT2D eigenvalue weighted by Gasteiger charge is 2.34. The smallest absolute Gasteiger partial charge is 0.161 e. The van der Waals surface area contributed by atoms with E-state index < -0.39 is 0 Å². The summed E-state index contributed by atoms with van der Waals surface area (Å²) in [6.07, 6.45) is 0. The molecule has 17 heavy (non-hydrogen) atoms. The Bertz CT molecular complexity index is 432. The molecule has 0 fully saturated rings. The minimum Gasteiger partial charge on any atom is -0.493 e. The van der Waals surface area contributed by atoms with Gasteiger partial charge >= 0.3 is 0 Å². The summed E-state index contributed by atoms with van der Waals surface area (Å²) in [5.74, 6) is 2.50. The van der Waals surface area contributed by atoms with Gasteiger partial charge in [0.2, 0.25) is 0 Å². The molecule has 0 bridgehead atoms. The predicted molar refractivity (Wildman–Crippen MR) is 71.8 cm³/mol. The van der Waals surface area contributed by atoms with Crippen molar-refractivity contribution in [3.8, 4) is 11.5 Å². The Balaban J connectivity index is 2.51. The number of methoxy groups -OCH3 is 2. The number of hydrogen-bond donors (Lipinski definition) is 1. The summed E-state index contributed by atoms with van der Waals surface area (Å²) in [6.45, 7) is 4.37. The van der Waals surface area contributed by atoms with Crippen molar-refractivity contribution in [1.82, 2.24) is 0 Å². The fraction of sp³-hybridized carbons (Fsp3) is 0.538. The van der Waals surface area contributed by atoms with Gasteiger partial charge in [0, 0.05) is 16.5 Å². The molecule has 0 radical (unpaired) electrons. The largest absolute Gasteiger partial charge is 0.493 e. The van der Waals surface area contributed by atoms with Crippen LogP contribution in [0, 0.1) is 0 Å². The number of benzene rings is 1. The van der Waals surface area contributed by atoms with Gasteiger partial charge in [-0.3, -0.25) is 0 Å². The SMILES string of the molecule is COc1cc2c(cc1OC)C(N)C(C)(C)SC2. The maximum atomic E-state index is 6.32. The topological polar surface area (TPSA) is 44.5 Å². The minimum absolute atomic E-state index is 0.0241. The van der Waals surface area contributed by atoms with Gasteiger partial charge in [-0.05, 0) is 37.1 Å². The molecule has 1 unspecified atom stereocenters. The summed E-state index contributed by atoms with van der Waals surface area (Å²) in [5.41, 5.74) is 8.74. The van der Waals surface area contributed by atoms with E-state index in [-0.39, 0.29) is 10.8 Å². The quantitative estimate of drug-likeness (QED) is 0.880. The molecule has 2 N–H and O–H groups in total. The first-order valence-corrected chi connectivity index (χ1v) is 6.62. The second kappa shape index (κ2) is 4.42. The van der Waals surface area contributed by atoms with E-state index in [9.17, 15) is 0 Å². The molecule has 4 heteroatoms. The van der Waals surface area contributed by atoms with Crippen LogP contribution in [0.25, 0.3) is 0 Å². The van der Waals surface area contributed by atoms with Gasteiger partial charge in [0.05, 0.1) is 14.2 Å². The van der Waals surface area contributed by atoms with Crippen LogP contribution >= 0.6 is 11.8 Å². The Kier molecular flexibility index (Phi) is 3.27. The molecular formula is C13H19NO2S. The molecule has 1 atom stereocenters. The molecule has 3 nitrogen and oxygen atoms in total. The predicted octanol–water partition coefficient (Wildman–Crippen LogP) is 2.73. The first kappa shape index (κ1) is 12.6. The lowest BCUT2D eigenvalue weighted by atomic mass is 9.91. The minimum atomic E-state index is 0.0241. The molecule has 1 heterocycles. The van der Waals surface area contributed by atoms with E-state index in [1.807, 2.05) is 23.9 Å². The summed E-state index contributed by atoms with van der Waals surface area (Å²) in [5, 5.41) is 0. The van der Waals surface area contributed by atoms with Crippen LogP contribution in [0.15, 0.2) is 12.1 Å². The Morgan fingerprint density at radius 1 is 1.24 bits per heavy atom. The van der Waals surface area contributed by atoms with Crippen LogP contribution in [-0.4, -0.2) is 19.0 Å². The van der Waals surface area contributed by atoms with Gasteiger partial charge in [-0.1, -0.05) is 0 Å². The zero-order valence-corrected chi connectivity index (χ0v) is 11.6. The van der Waals surface area contributed by atoms with Crippen molar-refractivity contribution < 1.29 is 9.47 Å². The number of fused-ring (bicyclic) bond motifs is 1. The third-order valence-electron chi connectivity index (χ3n) is 3.33. The molecule has 1 aromatic rings. The van der Waals surface area contributed by atoms with Crippen LogP contribution in [0.2, 0.25) is 0 Å². The van der Waals surface area contributed by atoms with Gasteiger partial charge in [0.15, 0.2) is 11.5 Å². The monoisotopic (exact) mass is 253 g/mol. The summed E-state index contributed by atoms with van der Waals surface area (Å²) >= 11 is 1.88. The first-order valence-electron chi connectivity index (χ1n) is 5.64. The normalized spacial score (nSPS) is 21.8. The highest BCUT2D eigenvalue weighted by Crippen LogP contribution is 2.47. The fourth-order valence-electron chi connectivity index (χ4n) is 2.08. The molecule has 1 aliphatic heterocycles. The van der Waals surface area contributed by atoms with Crippen molar-refractivity contribution in [3.05, 3.63) is 23.3 Å². The summed E-state index contributed by atoms with van der Waals surface area (Å²) in [7, 11) is 3.31. The molecule has 2 rings (SSSR count). The van der Waals surface area contributed by atoms with E-state index in [4.69, 9.17) is 15.2 Å². The van der Waals surface area contributed by atoms with Crippen LogP contribution in [-0.2, 0) is 5.75 Å². The van der Waals surface area contributed by atoms with E-state index in [1.165, 1.54) is 11.1 Å². The molecule has 0 spiro atoms. The standard InChI is InChI=1S/C13H19NO2S/c1-13(2)12(14)9-6-11(16-4)10(15-3)5-8(9)7-17-13/h5-6,12H,7,14H2,1-4H3. The van der Waals surface area contributed by atoms with Crippen molar-refractivity contribution in [2.75, 3.05) is 14.2 Å². The molecule has 0 aliphatic carbocycles. The van der Waals surface area contributed by atoms with E-state index in [1.54, 1.807) is 14.2 Å².